The highest BCUT2D eigenvalue weighted by atomic mass is 32.2. The molecule has 4 rings (SSSR count). The van der Waals surface area contributed by atoms with Crippen LogP contribution in [0.15, 0.2) is 71.9 Å². The predicted octanol–water partition coefficient (Wildman–Crippen LogP) is 5.40. The first-order chi connectivity index (χ1) is 17.6. The minimum Gasteiger partial charge on any atom is -0.374 e. The largest absolute Gasteiger partial charge is 0.374 e. The van der Waals surface area contributed by atoms with Gasteiger partial charge in [-0.25, -0.2) is 14.4 Å². The van der Waals surface area contributed by atoms with Crippen LogP contribution < -0.4 is 0 Å². The van der Waals surface area contributed by atoms with Crippen molar-refractivity contribution < 1.29 is 18.6 Å². The van der Waals surface area contributed by atoms with Crippen molar-refractivity contribution in [2.45, 2.75) is 37.7 Å². The zero-order valence-electron chi connectivity index (χ0n) is 20.1. The molecule has 7 nitrogen and oxygen atoms in total. The third kappa shape index (κ3) is 6.83. The predicted molar refractivity (Wildman–Crippen MR) is 144 cm³/mol. The van der Waals surface area contributed by atoms with Gasteiger partial charge in [-0.05, 0) is 23.6 Å². The van der Waals surface area contributed by atoms with E-state index in [1.165, 1.54) is 23.5 Å². The number of ether oxygens (including phenoxy) is 3. The molecule has 0 unspecified atom stereocenters. The molecule has 3 aromatic rings. The fourth-order valence-corrected chi connectivity index (χ4v) is 4.57. The lowest BCUT2D eigenvalue weighted by atomic mass is 10.1. The number of aromatic nitrogens is 2. The SMILES string of the molecule is CSC(=N)/N=C(/SC)c1ncc([C@@H]2O[C@H](COCc3ccccc3)[C@@H](OCc3ccccc3)[C@H]2F)[nH]1. The molecule has 0 amide bonds. The first kappa shape index (κ1) is 26.6. The van der Waals surface area contributed by atoms with Gasteiger partial charge >= 0.3 is 0 Å². The van der Waals surface area contributed by atoms with Crippen molar-refractivity contribution in [1.82, 2.24) is 9.97 Å². The Morgan fingerprint density at radius 2 is 1.72 bits per heavy atom. The van der Waals surface area contributed by atoms with Gasteiger partial charge in [0.05, 0.1) is 31.7 Å². The first-order valence-electron chi connectivity index (χ1n) is 11.5. The van der Waals surface area contributed by atoms with E-state index in [0.717, 1.165) is 11.1 Å². The fourth-order valence-electron chi connectivity index (χ4n) is 3.85. The van der Waals surface area contributed by atoms with Crippen molar-refractivity contribution in [2.75, 3.05) is 19.1 Å². The number of rotatable bonds is 9. The number of hydrogen-bond acceptors (Lipinski definition) is 7. The minimum atomic E-state index is -1.42. The maximum atomic E-state index is 15.8. The van der Waals surface area contributed by atoms with Gasteiger partial charge in [-0.2, -0.15) is 0 Å². The Morgan fingerprint density at radius 1 is 1.06 bits per heavy atom. The molecule has 1 fully saturated rings. The lowest BCUT2D eigenvalue weighted by molar-refractivity contribution is -0.0740. The summed E-state index contributed by atoms with van der Waals surface area (Å²) in [6.45, 7) is 0.858. The highest BCUT2D eigenvalue weighted by molar-refractivity contribution is 8.15. The van der Waals surface area contributed by atoms with Gasteiger partial charge in [-0.15, -0.1) is 11.8 Å². The molecule has 1 aliphatic heterocycles. The number of nitrogens with zero attached hydrogens (tertiary/aromatic N) is 2. The van der Waals surface area contributed by atoms with E-state index in [1.807, 2.05) is 66.9 Å². The summed E-state index contributed by atoms with van der Waals surface area (Å²) < 4.78 is 33.8. The smallest absolute Gasteiger partial charge is 0.180 e. The summed E-state index contributed by atoms with van der Waals surface area (Å²) in [5.41, 5.74) is 2.48. The van der Waals surface area contributed by atoms with Crippen LogP contribution in [0.3, 0.4) is 0 Å². The molecule has 2 aromatic carbocycles. The Morgan fingerprint density at radius 3 is 2.36 bits per heavy atom. The van der Waals surface area contributed by atoms with Crippen LogP contribution in [0, 0.1) is 5.41 Å². The molecule has 1 aliphatic rings. The number of thioether (sulfide) groups is 2. The second-order valence-electron chi connectivity index (χ2n) is 8.12. The van der Waals surface area contributed by atoms with Crippen LogP contribution in [0.5, 0.6) is 0 Å². The lowest BCUT2D eigenvalue weighted by Gasteiger charge is -2.20. The second-order valence-corrected chi connectivity index (χ2v) is 9.71. The average molecular weight is 529 g/mol. The zero-order valence-corrected chi connectivity index (χ0v) is 21.7. The summed E-state index contributed by atoms with van der Waals surface area (Å²) in [6, 6.07) is 19.5. The van der Waals surface area contributed by atoms with Crippen molar-refractivity contribution in [3.63, 3.8) is 0 Å². The van der Waals surface area contributed by atoms with Gasteiger partial charge in [0, 0.05) is 0 Å². The number of alkyl halides is 1. The monoisotopic (exact) mass is 528 g/mol. The van der Waals surface area contributed by atoms with Gasteiger partial charge in [0.25, 0.3) is 0 Å². The molecule has 4 atom stereocenters. The topological polar surface area (TPSA) is 92.6 Å². The molecule has 36 heavy (non-hydrogen) atoms. The highest BCUT2D eigenvalue weighted by Gasteiger charge is 2.47. The van der Waals surface area contributed by atoms with Crippen LogP contribution >= 0.6 is 23.5 Å². The van der Waals surface area contributed by atoms with E-state index in [2.05, 4.69) is 15.0 Å². The maximum Gasteiger partial charge on any atom is 0.180 e. The Labute approximate surface area is 218 Å². The normalized spacial score (nSPS) is 22.1. The lowest BCUT2D eigenvalue weighted by Crippen LogP contribution is -2.34. The van der Waals surface area contributed by atoms with Gasteiger partial charge in [0.2, 0.25) is 0 Å². The van der Waals surface area contributed by atoms with Gasteiger partial charge < -0.3 is 19.2 Å². The number of amidine groups is 1. The number of imidazole rings is 1. The molecule has 190 valence electrons. The van der Waals surface area contributed by atoms with Gasteiger partial charge in [-0.3, -0.25) is 5.41 Å². The summed E-state index contributed by atoms with van der Waals surface area (Å²) in [5.74, 6) is 0.470. The number of aromatic amines is 1. The maximum absolute atomic E-state index is 15.8. The molecule has 1 aromatic heterocycles. The molecule has 0 aliphatic carbocycles. The van der Waals surface area contributed by atoms with E-state index < -0.39 is 24.5 Å². The summed E-state index contributed by atoms with van der Waals surface area (Å²) in [7, 11) is 0. The van der Waals surface area contributed by atoms with Crippen LogP contribution in [0.1, 0.15) is 28.7 Å². The van der Waals surface area contributed by atoms with Crippen LogP contribution in [-0.2, 0) is 27.4 Å². The molecule has 0 saturated carbocycles. The summed E-state index contributed by atoms with van der Waals surface area (Å²) in [6.07, 6.45) is 1.48. The third-order valence-electron chi connectivity index (χ3n) is 5.66. The van der Waals surface area contributed by atoms with E-state index in [4.69, 9.17) is 19.6 Å². The summed E-state index contributed by atoms with van der Waals surface area (Å²) >= 11 is 2.59. The number of halogens is 1. The molecular formula is C26H29FN4O3S2. The average Bonchev–Trinajstić information content (AvgIpc) is 3.52. The zero-order chi connectivity index (χ0) is 25.3. The Hall–Kier alpha value is -2.50. The van der Waals surface area contributed by atoms with E-state index in [0.29, 0.717) is 23.2 Å². The Kier molecular flexibility index (Phi) is 9.71. The number of nitrogens with one attached hydrogen (secondary N) is 2. The molecule has 1 saturated heterocycles. The summed E-state index contributed by atoms with van der Waals surface area (Å²) in [4.78, 5) is 11.8. The molecule has 2 N–H and O–H groups in total. The number of hydrogen-bond donors (Lipinski definition) is 2. The van der Waals surface area contributed by atoms with E-state index in [-0.39, 0.29) is 18.4 Å². The van der Waals surface area contributed by atoms with Crippen LogP contribution in [-0.4, -0.2) is 57.7 Å². The van der Waals surface area contributed by atoms with Crippen molar-refractivity contribution in [3.05, 3.63) is 89.5 Å². The molecular weight excluding hydrogens is 499 g/mol. The fraction of sp³-hybridized carbons (Fsp3) is 0.346. The van der Waals surface area contributed by atoms with E-state index >= 15 is 4.39 Å². The van der Waals surface area contributed by atoms with Gasteiger partial charge in [0.15, 0.2) is 17.2 Å². The number of H-pyrrole nitrogens is 1. The second kappa shape index (κ2) is 13.2. The van der Waals surface area contributed by atoms with Gasteiger partial charge in [-0.1, -0.05) is 72.4 Å². The molecule has 0 radical (unpaired) electrons. The Bertz CT molecular complexity index is 1150. The number of aliphatic imine (C=N–C) groups is 1. The first-order valence-corrected chi connectivity index (χ1v) is 13.9. The van der Waals surface area contributed by atoms with E-state index in [1.54, 1.807) is 12.5 Å². The summed E-state index contributed by atoms with van der Waals surface area (Å²) in [5, 5.41) is 8.55. The highest BCUT2D eigenvalue weighted by Crippen LogP contribution is 2.37. The van der Waals surface area contributed by atoms with Crippen molar-refractivity contribution >= 4 is 33.7 Å². The van der Waals surface area contributed by atoms with Crippen molar-refractivity contribution in [3.8, 4) is 0 Å². The van der Waals surface area contributed by atoms with E-state index in [9.17, 15) is 0 Å². The van der Waals surface area contributed by atoms with Crippen LogP contribution in [0.4, 0.5) is 4.39 Å². The molecule has 2 heterocycles. The number of benzene rings is 2. The van der Waals surface area contributed by atoms with Crippen LogP contribution in [0.2, 0.25) is 0 Å². The van der Waals surface area contributed by atoms with Gasteiger partial charge in [0.1, 0.15) is 23.4 Å². The van der Waals surface area contributed by atoms with Crippen molar-refractivity contribution in [2.24, 2.45) is 4.99 Å². The molecule has 10 heteroatoms. The Balaban J connectivity index is 1.48. The molecule has 0 spiro atoms. The minimum absolute atomic E-state index is 0.169. The molecule has 0 bridgehead atoms. The van der Waals surface area contributed by atoms with Crippen LogP contribution in [0.25, 0.3) is 0 Å². The standard InChI is InChI=1S/C26H29FN4O3S2/c1-35-25(31-26(28)36-2)24-29-13-19(30-24)22-21(27)23(33-15-18-11-7-4-8-12-18)20(34-22)16-32-14-17-9-5-3-6-10-17/h3-13,20-23,28H,14-16H2,1-2H3,(H,29,30)/b28-26?,31-25+/t20-,21+,22+,23-/m1/s1. The van der Waals surface area contributed by atoms with Crippen molar-refractivity contribution in [1.29, 1.82) is 5.41 Å². The third-order valence-corrected chi connectivity index (χ3v) is 6.81. The quantitative estimate of drug-likeness (QED) is 0.286.